The van der Waals surface area contributed by atoms with E-state index in [0.717, 1.165) is 51.6 Å². The van der Waals surface area contributed by atoms with Gasteiger partial charge in [0.05, 0.1) is 0 Å². The van der Waals surface area contributed by atoms with E-state index in [0.29, 0.717) is 6.04 Å². The third-order valence-electron chi connectivity index (χ3n) is 4.72. The van der Waals surface area contributed by atoms with Crippen LogP contribution in [0.5, 0.6) is 0 Å². The molecule has 1 aliphatic rings. The van der Waals surface area contributed by atoms with Crippen LogP contribution < -0.4 is 10.6 Å². The minimum Gasteiger partial charge on any atom is -0.385 e. The standard InChI is InChI=1S/C20H34N4O/c1-21-20(22-13-7-4-8-16-25-2)23-19-11-14-24(15-12-19)17-18-9-5-3-6-10-18/h3,5-6,9-10,19H,4,7-8,11-17H2,1-2H3,(H2,21,22,23). The number of unbranched alkanes of at least 4 members (excludes halogenated alkanes) is 2. The lowest BCUT2D eigenvalue weighted by molar-refractivity contribution is 0.192. The van der Waals surface area contributed by atoms with Crippen molar-refractivity contribution in [2.24, 2.45) is 4.99 Å². The summed E-state index contributed by atoms with van der Waals surface area (Å²) in [6.07, 6.45) is 5.81. The number of nitrogens with one attached hydrogen (secondary N) is 2. The van der Waals surface area contributed by atoms with E-state index in [4.69, 9.17) is 4.74 Å². The van der Waals surface area contributed by atoms with Crippen molar-refractivity contribution in [1.29, 1.82) is 0 Å². The predicted molar refractivity (Wildman–Crippen MR) is 105 cm³/mol. The summed E-state index contributed by atoms with van der Waals surface area (Å²) < 4.78 is 5.08. The topological polar surface area (TPSA) is 48.9 Å². The Morgan fingerprint density at radius 2 is 1.92 bits per heavy atom. The molecule has 140 valence electrons. The summed E-state index contributed by atoms with van der Waals surface area (Å²) in [4.78, 5) is 6.90. The minimum atomic E-state index is 0.520. The van der Waals surface area contributed by atoms with E-state index >= 15 is 0 Å². The van der Waals surface area contributed by atoms with Gasteiger partial charge in [-0.1, -0.05) is 30.3 Å². The van der Waals surface area contributed by atoms with Gasteiger partial charge in [-0.3, -0.25) is 9.89 Å². The number of guanidine groups is 1. The Morgan fingerprint density at radius 3 is 2.60 bits per heavy atom. The van der Waals surface area contributed by atoms with Crippen molar-refractivity contribution in [2.45, 2.75) is 44.7 Å². The summed E-state index contributed by atoms with van der Waals surface area (Å²) in [5, 5.41) is 7.01. The van der Waals surface area contributed by atoms with Crippen LogP contribution in [0.4, 0.5) is 0 Å². The van der Waals surface area contributed by atoms with Crippen molar-refractivity contribution < 1.29 is 4.74 Å². The van der Waals surface area contributed by atoms with Crippen molar-refractivity contribution in [3.63, 3.8) is 0 Å². The molecular weight excluding hydrogens is 312 g/mol. The van der Waals surface area contributed by atoms with Crippen LogP contribution >= 0.6 is 0 Å². The first kappa shape index (κ1) is 19.7. The van der Waals surface area contributed by atoms with Gasteiger partial charge in [0.15, 0.2) is 5.96 Å². The number of aliphatic imine (C=N–C) groups is 1. The molecule has 0 spiro atoms. The lowest BCUT2D eigenvalue weighted by atomic mass is 10.0. The lowest BCUT2D eigenvalue weighted by Gasteiger charge is -2.33. The molecule has 1 fully saturated rings. The minimum absolute atomic E-state index is 0.520. The van der Waals surface area contributed by atoms with Gasteiger partial charge in [0.25, 0.3) is 0 Å². The van der Waals surface area contributed by atoms with Crippen LogP contribution in [0.2, 0.25) is 0 Å². The zero-order chi connectivity index (χ0) is 17.7. The first-order chi connectivity index (χ1) is 12.3. The molecule has 1 aliphatic heterocycles. The summed E-state index contributed by atoms with van der Waals surface area (Å²) in [5.74, 6) is 0.938. The van der Waals surface area contributed by atoms with Gasteiger partial charge in [-0.05, 0) is 37.7 Å². The molecule has 1 heterocycles. The Bertz CT molecular complexity index is 484. The molecule has 0 amide bonds. The number of methoxy groups -OCH3 is 1. The van der Waals surface area contributed by atoms with Gasteiger partial charge in [0.2, 0.25) is 0 Å². The van der Waals surface area contributed by atoms with Crippen LogP contribution in [0.3, 0.4) is 0 Å². The molecule has 5 nitrogen and oxygen atoms in total. The second kappa shape index (κ2) is 11.9. The number of piperidine rings is 1. The van der Waals surface area contributed by atoms with E-state index in [1.165, 1.54) is 24.8 Å². The van der Waals surface area contributed by atoms with Gasteiger partial charge in [-0.25, -0.2) is 0 Å². The summed E-state index contributed by atoms with van der Waals surface area (Å²) >= 11 is 0. The van der Waals surface area contributed by atoms with Crippen LogP contribution in [0, 0.1) is 0 Å². The average Bonchev–Trinajstić information content (AvgIpc) is 2.66. The summed E-state index contributed by atoms with van der Waals surface area (Å²) in [6, 6.07) is 11.3. The van der Waals surface area contributed by atoms with Crippen LogP contribution in [0.25, 0.3) is 0 Å². The molecule has 0 bridgehead atoms. The van der Waals surface area contributed by atoms with Crippen LogP contribution in [0.15, 0.2) is 35.3 Å². The molecule has 2 rings (SSSR count). The molecule has 1 aromatic rings. The first-order valence-electron chi connectivity index (χ1n) is 9.54. The molecule has 0 saturated carbocycles. The molecule has 0 radical (unpaired) electrons. The predicted octanol–water partition coefficient (Wildman–Crippen LogP) is 2.63. The van der Waals surface area contributed by atoms with Gasteiger partial charge >= 0.3 is 0 Å². The smallest absolute Gasteiger partial charge is 0.191 e. The van der Waals surface area contributed by atoms with Crippen molar-refractivity contribution in [2.75, 3.05) is 40.4 Å². The van der Waals surface area contributed by atoms with Crippen molar-refractivity contribution in [1.82, 2.24) is 15.5 Å². The number of hydrogen-bond acceptors (Lipinski definition) is 3. The van der Waals surface area contributed by atoms with Gasteiger partial charge in [-0.15, -0.1) is 0 Å². The Balaban J connectivity index is 1.61. The average molecular weight is 347 g/mol. The Morgan fingerprint density at radius 1 is 1.16 bits per heavy atom. The SMILES string of the molecule is CN=C(NCCCCCOC)NC1CCN(Cc2ccccc2)CC1. The fourth-order valence-corrected chi connectivity index (χ4v) is 3.22. The van der Waals surface area contributed by atoms with E-state index in [1.807, 2.05) is 7.05 Å². The summed E-state index contributed by atoms with van der Waals surface area (Å²) in [5.41, 5.74) is 1.40. The molecule has 0 aromatic heterocycles. The van der Waals surface area contributed by atoms with Crippen molar-refractivity contribution in [3.8, 4) is 0 Å². The second-order valence-electron chi connectivity index (χ2n) is 6.73. The van der Waals surface area contributed by atoms with E-state index in [1.54, 1.807) is 7.11 Å². The second-order valence-corrected chi connectivity index (χ2v) is 6.73. The summed E-state index contributed by atoms with van der Waals surface area (Å²) in [7, 11) is 3.61. The van der Waals surface area contributed by atoms with Crippen molar-refractivity contribution >= 4 is 5.96 Å². The van der Waals surface area contributed by atoms with E-state index in [2.05, 4.69) is 50.9 Å². The van der Waals surface area contributed by atoms with Gasteiger partial charge in [-0.2, -0.15) is 0 Å². The highest BCUT2D eigenvalue weighted by molar-refractivity contribution is 5.79. The molecule has 0 atom stereocenters. The van der Waals surface area contributed by atoms with E-state index in [9.17, 15) is 0 Å². The van der Waals surface area contributed by atoms with Gasteiger partial charge in [0.1, 0.15) is 0 Å². The molecule has 0 unspecified atom stereocenters. The van der Waals surface area contributed by atoms with Crippen molar-refractivity contribution in [3.05, 3.63) is 35.9 Å². The largest absolute Gasteiger partial charge is 0.385 e. The Hall–Kier alpha value is -1.59. The zero-order valence-corrected chi connectivity index (χ0v) is 15.8. The quantitative estimate of drug-likeness (QED) is 0.410. The maximum atomic E-state index is 5.08. The molecule has 5 heteroatoms. The fraction of sp³-hybridized carbons (Fsp3) is 0.650. The number of benzene rings is 1. The van der Waals surface area contributed by atoms with Crippen LogP contribution in [-0.4, -0.2) is 57.3 Å². The van der Waals surface area contributed by atoms with Crippen LogP contribution in [0.1, 0.15) is 37.7 Å². The Kier molecular flexibility index (Phi) is 9.37. The third kappa shape index (κ3) is 7.88. The highest BCUT2D eigenvalue weighted by atomic mass is 16.5. The molecule has 1 aromatic carbocycles. The van der Waals surface area contributed by atoms with E-state index in [-0.39, 0.29) is 0 Å². The van der Waals surface area contributed by atoms with Gasteiger partial charge < -0.3 is 15.4 Å². The highest BCUT2D eigenvalue weighted by Crippen LogP contribution is 2.13. The normalized spacial score (nSPS) is 16.8. The Labute approximate surface area is 152 Å². The zero-order valence-electron chi connectivity index (χ0n) is 15.8. The number of ether oxygens (including phenoxy) is 1. The number of rotatable bonds is 9. The van der Waals surface area contributed by atoms with Crippen LogP contribution in [-0.2, 0) is 11.3 Å². The first-order valence-corrected chi connectivity index (χ1v) is 9.54. The highest BCUT2D eigenvalue weighted by Gasteiger charge is 2.19. The number of likely N-dealkylation sites (tertiary alicyclic amines) is 1. The molecule has 1 saturated heterocycles. The molecule has 0 aliphatic carbocycles. The monoisotopic (exact) mass is 346 g/mol. The molecule has 2 N–H and O–H groups in total. The number of nitrogens with zero attached hydrogens (tertiary/aromatic N) is 2. The van der Waals surface area contributed by atoms with Gasteiger partial charge in [0, 0.05) is 53.0 Å². The van der Waals surface area contributed by atoms with E-state index < -0.39 is 0 Å². The molecule has 25 heavy (non-hydrogen) atoms. The summed E-state index contributed by atoms with van der Waals surface area (Å²) in [6.45, 7) is 5.16. The fourth-order valence-electron chi connectivity index (χ4n) is 3.22. The number of hydrogen-bond donors (Lipinski definition) is 2. The third-order valence-corrected chi connectivity index (χ3v) is 4.72. The maximum absolute atomic E-state index is 5.08. The maximum Gasteiger partial charge on any atom is 0.191 e. The lowest BCUT2D eigenvalue weighted by Crippen LogP contribution is -2.48. The molecular formula is C20H34N4O.